The summed E-state index contributed by atoms with van der Waals surface area (Å²) in [5, 5.41) is 7.59. The topological polar surface area (TPSA) is 56.1 Å². The summed E-state index contributed by atoms with van der Waals surface area (Å²) in [7, 11) is 1.64. The Morgan fingerprint density at radius 3 is 2.54 bits per heavy atom. The van der Waals surface area contributed by atoms with Crippen LogP contribution in [-0.2, 0) is 0 Å². The molecule has 5 nitrogen and oxygen atoms in total. The SMILES string of the molecule is COc1ccc(-n2ccc(C(=O)NC3(C)CCC(C)CC3)n2)cc1. The van der Waals surface area contributed by atoms with E-state index in [1.165, 1.54) is 0 Å². The van der Waals surface area contributed by atoms with Gasteiger partial charge in [-0.15, -0.1) is 0 Å². The molecule has 0 unspecified atom stereocenters. The van der Waals surface area contributed by atoms with Gasteiger partial charge in [0.2, 0.25) is 0 Å². The Bertz CT molecular complexity index is 698. The Hall–Kier alpha value is -2.30. The highest BCUT2D eigenvalue weighted by Crippen LogP contribution is 2.31. The van der Waals surface area contributed by atoms with Crippen molar-refractivity contribution in [3.8, 4) is 11.4 Å². The number of hydrogen-bond acceptors (Lipinski definition) is 3. The predicted molar refractivity (Wildman–Crippen MR) is 93.6 cm³/mol. The van der Waals surface area contributed by atoms with Gasteiger partial charge in [-0.3, -0.25) is 4.79 Å². The van der Waals surface area contributed by atoms with Gasteiger partial charge in [-0.2, -0.15) is 5.10 Å². The van der Waals surface area contributed by atoms with Crippen molar-refractivity contribution in [2.45, 2.75) is 45.1 Å². The van der Waals surface area contributed by atoms with Crippen LogP contribution in [0.5, 0.6) is 5.75 Å². The number of ether oxygens (including phenoxy) is 1. The molecule has 1 aliphatic carbocycles. The van der Waals surface area contributed by atoms with Crippen molar-refractivity contribution in [2.75, 3.05) is 7.11 Å². The number of benzene rings is 1. The lowest BCUT2D eigenvalue weighted by Crippen LogP contribution is -2.48. The van der Waals surface area contributed by atoms with E-state index in [1.807, 2.05) is 30.5 Å². The maximum absolute atomic E-state index is 12.5. The molecule has 1 aromatic carbocycles. The van der Waals surface area contributed by atoms with Crippen LogP contribution in [0.4, 0.5) is 0 Å². The number of hydrogen-bond donors (Lipinski definition) is 1. The van der Waals surface area contributed by atoms with Crippen molar-refractivity contribution in [2.24, 2.45) is 5.92 Å². The molecule has 1 N–H and O–H groups in total. The Morgan fingerprint density at radius 1 is 1.25 bits per heavy atom. The second-order valence-electron chi connectivity index (χ2n) is 7.04. The van der Waals surface area contributed by atoms with Crippen molar-refractivity contribution in [3.05, 3.63) is 42.2 Å². The Morgan fingerprint density at radius 2 is 1.92 bits per heavy atom. The van der Waals surface area contributed by atoms with E-state index in [2.05, 4.69) is 24.3 Å². The molecular formula is C19H25N3O2. The second kappa shape index (κ2) is 6.67. The number of carbonyl (C=O) groups excluding carboxylic acids is 1. The third-order valence-corrected chi connectivity index (χ3v) is 4.95. The summed E-state index contributed by atoms with van der Waals surface area (Å²) in [4.78, 5) is 12.5. The molecule has 1 heterocycles. The van der Waals surface area contributed by atoms with E-state index in [0.29, 0.717) is 5.69 Å². The zero-order valence-electron chi connectivity index (χ0n) is 14.6. The molecule has 24 heavy (non-hydrogen) atoms. The van der Waals surface area contributed by atoms with E-state index in [0.717, 1.165) is 43.0 Å². The maximum Gasteiger partial charge on any atom is 0.272 e. The first-order valence-electron chi connectivity index (χ1n) is 8.52. The van der Waals surface area contributed by atoms with Gasteiger partial charge in [-0.25, -0.2) is 4.68 Å². The molecule has 0 spiro atoms. The van der Waals surface area contributed by atoms with E-state index in [4.69, 9.17) is 4.74 Å². The van der Waals surface area contributed by atoms with Crippen LogP contribution in [-0.4, -0.2) is 28.3 Å². The van der Waals surface area contributed by atoms with Crippen molar-refractivity contribution in [3.63, 3.8) is 0 Å². The number of rotatable bonds is 4. The fourth-order valence-corrected chi connectivity index (χ4v) is 3.19. The molecule has 0 aliphatic heterocycles. The quantitative estimate of drug-likeness (QED) is 0.934. The fraction of sp³-hybridized carbons (Fsp3) is 0.474. The van der Waals surface area contributed by atoms with Crippen molar-refractivity contribution >= 4 is 5.91 Å². The monoisotopic (exact) mass is 327 g/mol. The molecule has 3 rings (SSSR count). The summed E-state index contributed by atoms with van der Waals surface area (Å²) in [6.07, 6.45) is 6.19. The number of nitrogens with one attached hydrogen (secondary N) is 1. The highest BCUT2D eigenvalue weighted by atomic mass is 16.5. The van der Waals surface area contributed by atoms with Crippen molar-refractivity contribution < 1.29 is 9.53 Å². The predicted octanol–water partition coefficient (Wildman–Crippen LogP) is 3.58. The molecule has 1 aliphatic rings. The van der Waals surface area contributed by atoms with Crippen LogP contribution in [0.2, 0.25) is 0 Å². The summed E-state index contributed by atoms with van der Waals surface area (Å²) < 4.78 is 6.87. The average Bonchev–Trinajstić information content (AvgIpc) is 3.08. The van der Waals surface area contributed by atoms with Crippen LogP contribution in [0, 0.1) is 5.92 Å². The molecule has 0 radical (unpaired) electrons. The molecule has 5 heteroatoms. The average molecular weight is 327 g/mol. The van der Waals surface area contributed by atoms with Crippen molar-refractivity contribution in [1.82, 2.24) is 15.1 Å². The van der Waals surface area contributed by atoms with E-state index < -0.39 is 0 Å². The van der Waals surface area contributed by atoms with Gasteiger partial charge in [0, 0.05) is 11.7 Å². The first-order valence-corrected chi connectivity index (χ1v) is 8.52. The van der Waals surface area contributed by atoms with E-state index in [9.17, 15) is 4.79 Å². The lowest BCUT2D eigenvalue weighted by atomic mass is 9.78. The molecule has 2 aromatic rings. The van der Waals surface area contributed by atoms with E-state index in [-0.39, 0.29) is 11.4 Å². The molecule has 1 saturated carbocycles. The third kappa shape index (κ3) is 3.61. The molecule has 0 atom stereocenters. The highest BCUT2D eigenvalue weighted by Gasteiger charge is 2.31. The minimum Gasteiger partial charge on any atom is -0.497 e. The van der Waals surface area contributed by atoms with E-state index >= 15 is 0 Å². The molecule has 0 saturated heterocycles. The lowest BCUT2D eigenvalue weighted by Gasteiger charge is -2.36. The molecular weight excluding hydrogens is 302 g/mol. The van der Waals surface area contributed by atoms with Gasteiger partial charge < -0.3 is 10.1 Å². The minimum atomic E-state index is -0.118. The number of amides is 1. The summed E-state index contributed by atoms with van der Waals surface area (Å²) in [5.41, 5.74) is 1.23. The van der Waals surface area contributed by atoms with Crippen LogP contribution in [0.25, 0.3) is 5.69 Å². The largest absolute Gasteiger partial charge is 0.497 e. The van der Waals surface area contributed by atoms with Gasteiger partial charge >= 0.3 is 0 Å². The fourth-order valence-electron chi connectivity index (χ4n) is 3.19. The number of methoxy groups -OCH3 is 1. The summed E-state index contributed by atoms with van der Waals surface area (Å²) >= 11 is 0. The maximum atomic E-state index is 12.5. The first kappa shape index (κ1) is 16.6. The summed E-state index contributed by atoms with van der Waals surface area (Å²) in [6.45, 7) is 4.41. The van der Waals surface area contributed by atoms with Gasteiger partial charge in [-0.1, -0.05) is 6.92 Å². The van der Waals surface area contributed by atoms with Gasteiger partial charge in [-0.05, 0) is 68.9 Å². The van der Waals surface area contributed by atoms with Gasteiger partial charge in [0.05, 0.1) is 12.8 Å². The standard InChI is InChI=1S/C19H25N3O2/c1-14-8-11-19(2,12-9-14)20-18(23)17-10-13-22(21-17)15-4-6-16(24-3)7-5-15/h4-7,10,13-14H,8-9,11-12H2,1-3H3,(H,20,23). The summed E-state index contributed by atoms with van der Waals surface area (Å²) in [6, 6.07) is 9.34. The third-order valence-electron chi connectivity index (χ3n) is 4.95. The van der Waals surface area contributed by atoms with Crippen LogP contribution in [0.15, 0.2) is 36.5 Å². The minimum absolute atomic E-state index is 0.0979. The molecule has 1 aromatic heterocycles. The zero-order valence-corrected chi connectivity index (χ0v) is 14.6. The smallest absolute Gasteiger partial charge is 0.272 e. The van der Waals surface area contributed by atoms with Crippen LogP contribution < -0.4 is 10.1 Å². The second-order valence-corrected chi connectivity index (χ2v) is 7.04. The number of aromatic nitrogens is 2. The molecule has 1 amide bonds. The molecule has 128 valence electrons. The normalized spacial score (nSPS) is 23.7. The van der Waals surface area contributed by atoms with Crippen LogP contribution in [0.3, 0.4) is 0 Å². The van der Waals surface area contributed by atoms with E-state index in [1.54, 1.807) is 17.9 Å². The first-order chi connectivity index (χ1) is 11.5. The zero-order chi connectivity index (χ0) is 17.2. The molecule has 0 bridgehead atoms. The Labute approximate surface area is 143 Å². The molecule has 1 fully saturated rings. The van der Waals surface area contributed by atoms with Crippen LogP contribution >= 0.6 is 0 Å². The summed E-state index contributed by atoms with van der Waals surface area (Å²) in [5.74, 6) is 1.45. The van der Waals surface area contributed by atoms with Gasteiger partial charge in [0.15, 0.2) is 5.69 Å². The van der Waals surface area contributed by atoms with Gasteiger partial charge in [0.25, 0.3) is 5.91 Å². The van der Waals surface area contributed by atoms with Gasteiger partial charge in [0.1, 0.15) is 5.75 Å². The number of carbonyl (C=O) groups is 1. The Kier molecular flexibility index (Phi) is 4.60. The highest BCUT2D eigenvalue weighted by molar-refractivity contribution is 5.92. The lowest BCUT2D eigenvalue weighted by molar-refractivity contribution is 0.0864. The Balaban J connectivity index is 1.69. The van der Waals surface area contributed by atoms with Crippen LogP contribution in [0.1, 0.15) is 50.0 Å². The van der Waals surface area contributed by atoms with Crippen molar-refractivity contribution in [1.29, 1.82) is 0 Å². The number of nitrogens with zero attached hydrogens (tertiary/aromatic N) is 2.